The van der Waals surface area contributed by atoms with Gasteiger partial charge in [-0.15, -0.1) is 11.3 Å². The zero-order chi connectivity index (χ0) is 18.2. The van der Waals surface area contributed by atoms with Gasteiger partial charge in [-0.1, -0.05) is 61.9 Å². The molecule has 0 N–H and O–H groups in total. The van der Waals surface area contributed by atoms with E-state index in [4.69, 9.17) is 4.74 Å². The number of para-hydroxylation sites is 1. The normalized spacial score (nSPS) is 11.0. The summed E-state index contributed by atoms with van der Waals surface area (Å²) in [5, 5.41) is 0. The van der Waals surface area contributed by atoms with Crippen molar-refractivity contribution in [1.82, 2.24) is 0 Å². The second kappa shape index (κ2) is 9.16. The molecule has 1 heterocycles. The molecule has 0 radical (unpaired) electrons. The van der Waals surface area contributed by atoms with E-state index in [1.807, 2.05) is 72.8 Å². The lowest BCUT2D eigenvalue weighted by atomic mass is 10.1. The first-order chi connectivity index (χ1) is 12.8. The Morgan fingerprint density at radius 2 is 1.77 bits per heavy atom. The number of carbonyl (C=O) groups is 1. The monoisotopic (exact) mass is 362 g/mol. The molecule has 0 atom stereocenters. The molecule has 3 rings (SSSR count). The lowest BCUT2D eigenvalue weighted by Gasteiger charge is -2.09. The highest BCUT2D eigenvalue weighted by atomic mass is 32.1. The molecule has 2 aromatic carbocycles. The predicted octanol–water partition coefficient (Wildman–Crippen LogP) is 6.18. The van der Waals surface area contributed by atoms with E-state index in [9.17, 15) is 4.79 Å². The molecule has 0 bridgehead atoms. The van der Waals surface area contributed by atoms with E-state index in [-0.39, 0.29) is 5.78 Å². The van der Waals surface area contributed by atoms with Gasteiger partial charge in [-0.25, -0.2) is 0 Å². The van der Waals surface area contributed by atoms with E-state index in [0.29, 0.717) is 6.61 Å². The number of hydrogen-bond acceptors (Lipinski definition) is 3. The molecular formula is C23H22O2S. The van der Waals surface area contributed by atoms with Crippen molar-refractivity contribution >= 4 is 23.2 Å². The Balaban J connectivity index is 1.68. The molecule has 0 unspecified atom stereocenters. The summed E-state index contributed by atoms with van der Waals surface area (Å²) in [7, 11) is 0. The average molecular weight is 362 g/mol. The number of ketones is 1. The summed E-state index contributed by atoms with van der Waals surface area (Å²) < 4.78 is 5.94. The number of benzene rings is 2. The summed E-state index contributed by atoms with van der Waals surface area (Å²) in [4.78, 5) is 14.5. The van der Waals surface area contributed by atoms with Gasteiger partial charge in [0, 0.05) is 10.4 Å². The van der Waals surface area contributed by atoms with E-state index in [0.717, 1.165) is 34.6 Å². The van der Waals surface area contributed by atoms with E-state index in [1.54, 1.807) is 17.4 Å². The zero-order valence-electron chi connectivity index (χ0n) is 14.9. The molecule has 0 saturated heterocycles. The Morgan fingerprint density at radius 1 is 1.00 bits per heavy atom. The Labute approximate surface area is 158 Å². The minimum absolute atomic E-state index is 0.0372. The minimum atomic E-state index is 0.0372. The second-order valence-electron chi connectivity index (χ2n) is 6.03. The van der Waals surface area contributed by atoms with E-state index >= 15 is 0 Å². The SMILES string of the molecule is CCCc1ccc(C(=O)/C=C/c2ccccc2OCc2ccccc2)s1. The number of aryl methyl sites for hydroxylation is 1. The van der Waals surface area contributed by atoms with Crippen LogP contribution >= 0.6 is 11.3 Å². The van der Waals surface area contributed by atoms with Crippen LogP contribution in [-0.2, 0) is 13.0 Å². The first-order valence-corrected chi connectivity index (χ1v) is 9.65. The molecule has 0 spiro atoms. The molecule has 0 aliphatic heterocycles. The molecule has 3 aromatic rings. The first kappa shape index (κ1) is 18.2. The van der Waals surface area contributed by atoms with Crippen LogP contribution in [0.3, 0.4) is 0 Å². The Bertz CT molecular complexity index is 878. The van der Waals surface area contributed by atoms with Crippen molar-refractivity contribution in [2.24, 2.45) is 0 Å². The number of thiophene rings is 1. The van der Waals surface area contributed by atoms with Gasteiger partial charge in [-0.3, -0.25) is 4.79 Å². The van der Waals surface area contributed by atoms with Crippen LogP contribution in [0, 0.1) is 0 Å². The summed E-state index contributed by atoms with van der Waals surface area (Å²) in [6.45, 7) is 2.65. The van der Waals surface area contributed by atoms with Crippen LogP contribution in [0.5, 0.6) is 5.75 Å². The summed E-state index contributed by atoms with van der Waals surface area (Å²) in [6.07, 6.45) is 5.59. The van der Waals surface area contributed by atoms with Gasteiger partial charge in [0.1, 0.15) is 12.4 Å². The molecule has 0 aliphatic rings. The average Bonchev–Trinajstić information content (AvgIpc) is 3.15. The number of ether oxygens (including phenoxy) is 1. The molecule has 26 heavy (non-hydrogen) atoms. The number of carbonyl (C=O) groups excluding carboxylic acids is 1. The van der Waals surface area contributed by atoms with Crippen molar-refractivity contribution in [3.8, 4) is 5.75 Å². The third kappa shape index (κ3) is 4.93. The van der Waals surface area contributed by atoms with Crippen LogP contribution in [0.2, 0.25) is 0 Å². The molecular weight excluding hydrogens is 340 g/mol. The van der Waals surface area contributed by atoms with Gasteiger partial charge in [-0.05, 0) is 42.3 Å². The fraction of sp³-hybridized carbons (Fsp3) is 0.174. The molecule has 0 amide bonds. The number of allylic oxidation sites excluding steroid dienone is 1. The van der Waals surface area contributed by atoms with Crippen molar-refractivity contribution in [2.75, 3.05) is 0 Å². The molecule has 0 saturated carbocycles. The fourth-order valence-corrected chi connectivity index (χ4v) is 3.65. The van der Waals surface area contributed by atoms with Crippen LogP contribution in [-0.4, -0.2) is 5.78 Å². The molecule has 0 aliphatic carbocycles. The van der Waals surface area contributed by atoms with E-state index in [2.05, 4.69) is 6.92 Å². The second-order valence-corrected chi connectivity index (χ2v) is 7.19. The van der Waals surface area contributed by atoms with Crippen LogP contribution < -0.4 is 4.74 Å². The summed E-state index contributed by atoms with van der Waals surface area (Å²) >= 11 is 1.58. The van der Waals surface area contributed by atoms with E-state index < -0.39 is 0 Å². The van der Waals surface area contributed by atoms with Crippen molar-refractivity contribution in [2.45, 2.75) is 26.4 Å². The lowest BCUT2D eigenvalue weighted by Crippen LogP contribution is -1.97. The maximum absolute atomic E-state index is 12.4. The molecule has 1 aromatic heterocycles. The van der Waals surface area contributed by atoms with Crippen LogP contribution in [0.25, 0.3) is 6.08 Å². The van der Waals surface area contributed by atoms with Crippen LogP contribution in [0.15, 0.2) is 72.8 Å². The van der Waals surface area contributed by atoms with E-state index in [1.165, 1.54) is 4.88 Å². The quantitative estimate of drug-likeness (QED) is 0.353. The van der Waals surface area contributed by atoms with Gasteiger partial charge < -0.3 is 4.74 Å². The third-order valence-corrected chi connectivity index (χ3v) is 5.13. The van der Waals surface area contributed by atoms with Gasteiger partial charge >= 0.3 is 0 Å². The topological polar surface area (TPSA) is 26.3 Å². The summed E-state index contributed by atoms with van der Waals surface area (Å²) in [6, 6.07) is 21.8. The maximum Gasteiger partial charge on any atom is 0.195 e. The molecule has 0 fully saturated rings. The van der Waals surface area contributed by atoms with Gasteiger partial charge in [0.2, 0.25) is 0 Å². The highest BCUT2D eigenvalue weighted by molar-refractivity contribution is 7.14. The Morgan fingerprint density at radius 3 is 2.58 bits per heavy atom. The van der Waals surface area contributed by atoms with Gasteiger partial charge in [0.25, 0.3) is 0 Å². The molecule has 132 valence electrons. The highest BCUT2D eigenvalue weighted by Crippen LogP contribution is 2.23. The van der Waals surface area contributed by atoms with Gasteiger partial charge in [0.05, 0.1) is 4.88 Å². The summed E-state index contributed by atoms with van der Waals surface area (Å²) in [5.74, 6) is 0.813. The highest BCUT2D eigenvalue weighted by Gasteiger charge is 2.07. The fourth-order valence-electron chi connectivity index (χ4n) is 2.62. The number of rotatable bonds is 8. The smallest absolute Gasteiger partial charge is 0.195 e. The van der Waals surface area contributed by atoms with Crippen LogP contribution in [0.1, 0.15) is 39.0 Å². The zero-order valence-corrected chi connectivity index (χ0v) is 15.7. The van der Waals surface area contributed by atoms with Crippen molar-refractivity contribution in [1.29, 1.82) is 0 Å². The largest absolute Gasteiger partial charge is 0.488 e. The standard InChI is InChI=1S/C23H22O2S/c1-2-8-20-14-16-23(26-20)21(24)15-13-19-11-6-7-12-22(19)25-17-18-9-4-3-5-10-18/h3-7,9-16H,2,8,17H2,1H3/b15-13+. The summed E-state index contributed by atoms with van der Waals surface area (Å²) in [5.41, 5.74) is 2.02. The van der Waals surface area contributed by atoms with Crippen molar-refractivity contribution in [3.63, 3.8) is 0 Å². The van der Waals surface area contributed by atoms with Gasteiger partial charge in [0.15, 0.2) is 5.78 Å². The Hall–Kier alpha value is -2.65. The van der Waals surface area contributed by atoms with Gasteiger partial charge in [-0.2, -0.15) is 0 Å². The predicted molar refractivity (Wildman–Crippen MR) is 109 cm³/mol. The lowest BCUT2D eigenvalue weighted by molar-refractivity contribution is 0.105. The van der Waals surface area contributed by atoms with Crippen molar-refractivity contribution in [3.05, 3.63) is 93.7 Å². The molecule has 3 heteroatoms. The Kier molecular flexibility index (Phi) is 6.39. The number of hydrogen-bond donors (Lipinski definition) is 0. The molecule has 2 nitrogen and oxygen atoms in total. The minimum Gasteiger partial charge on any atom is -0.488 e. The van der Waals surface area contributed by atoms with Crippen molar-refractivity contribution < 1.29 is 9.53 Å². The first-order valence-electron chi connectivity index (χ1n) is 8.83. The third-order valence-electron chi connectivity index (χ3n) is 3.97. The van der Waals surface area contributed by atoms with Crippen LogP contribution in [0.4, 0.5) is 0 Å². The maximum atomic E-state index is 12.4.